The maximum absolute atomic E-state index is 12.5. The third-order valence-corrected chi connectivity index (χ3v) is 3.93. The first-order valence-electron chi connectivity index (χ1n) is 8.32. The Morgan fingerprint density at radius 1 is 1.00 bits per heavy atom. The molecule has 2 amide bonds. The molecule has 0 aliphatic rings. The number of esters is 1. The molecular formula is C20H22N2O4. The topological polar surface area (TPSA) is 84.5 Å². The van der Waals surface area contributed by atoms with E-state index in [9.17, 15) is 14.4 Å². The number of hydrogen-bond donors (Lipinski definition) is 2. The normalized spacial score (nSPS) is 11.3. The van der Waals surface area contributed by atoms with Crippen LogP contribution in [0.3, 0.4) is 0 Å². The van der Waals surface area contributed by atoms with E-state index in [0.717, 1.165) is 5.56 Å². The Kier molecular flexibility index (Phi) is 6.49. The summed E-state index contributed by atoms with van der Waals surface area (Å²) in [5.74, 6) is -1.28. The molecule has 136 valence electrons. The number of amides is 2. The van der Waals surface area contributed by atoms with E-state index < -0.39 is 17.9 Å². The number of hydrogen-bond acceptors (Lipinski definition) is 4. The van der Waals surface area contributed by atoms with Crippen molar-refractivity contribution >= 4 is 23.5 Å². The van der Waals surface area contributed by atoms with Gasteiger partial charge in [0.05, 0.1) is 18.4 Å². The molecule has 2 aromatic rings. The molecule has 26 heavy (non-hydrogen) atoms. The molecule has 0 fully saturated rings. The molecule has 0 spiro atoms. The first-order valence-corrected chi connectivity index (χ1v) is 8.32. The summed E-state index contributed by atoms with van der Waals surface area (Å²) < 4.78 is 4.68. The lowest BCUT2D eigenvalue weighted by atomic mass is 10.1. The number of ether oxygens (including phenoxy) is 1. The molecule has 0 saturated carbocycles. The summed E-state index contributed by atoms with van der Waals surface area (Å²) in [4.78, 5) is 36.6. The number of aryl methyl sites for hydroxylation is 1. The van der Waals surface area contributed by atoms with Crippen LogP contribution in [0.25, 0.3) is 0 Å². The van der Waals surface area contributed by atoms with E-state index in [0.29, 0.717) is 17.7 Å². The Bertz CT molecular complexity index is 800. The van der Waals surface area contributed by atoms with Crippen molar-refractivity contribution in [3.8, 4) is 0 Å². The third kappa shape index (κ3) is 4.69. The van der Waals surface area contributed by atoms with Crippen molar-refractivity contribution in [2.75, 3.05) is 12.4 Å². The molecule has 0 unspecified atom stereocenters. The number of methoxy groups -OCH3 is 1. The minimum Gasteiger partial charge on any atom is -0.467 e. The predicted molar refractivity (Wildman–Crippen MR) is 99.1 cm³/mol. The van der Waals surface area contributed by atoms with Crippen LogP contribution < -0.4 is 10.6 Å². The van der Waals surface area contributed by atoms with Crippen molar-refractivity contribution in [1.82, 2.24) is 5.32 Å². The van der Waals surface area contributed by atoms with Gasteiger partial charge in [-0.2, -0.15) is 0 Å². The Labute approximate surface area is 152 Å². The second-order valence-electron chi connectivity index (χ2n) is 5.82. The molecule has 0 aliphatic heterocycles. The van der Waals surface area contributed by atoms with Crippen LogP contribution in [0.4, 0.5) is 5.69 Å². The fourth-order valence-electron chi connectivity index (χ4n) is 2.40. The van der Waals surface area contributed by atoms with Gasteiger partial charge in [0.2, 0.25) is 0 Å². The number of carbonyl (C=O) groups excluding carboxylic acids is 3. The number of para-hydroxylation sites is 1. The van der Waals surface area contributed by atoms with E-state index in [1.807, 2.05) is 19.1 Å². The molecule has 6 nitrogen and oxygen atoms in total. The standard InChI is InChI=1S/C20H22N2O4/c1-4-16(20(25)26-3)21-19(24)15-7-5-6-8-17(15)22-18(23)14-11-9-13(2)10-12-14/h5-12,16H,4H2,1-3H3,(H,21,24)(H,22,23)/t16-/m1/s1. The predicted octanol–water partition coefficient (Wildman–Crippen LogP) is 2.93. The molecule has 0 heterocycles. The summed E-state index contributed by atoms with van der Waals surface area (Å²) in [5.41, 5.74) is 2.19. The Morgan fingerprint density at radius 2 is 1.65 bits per heavy atom. The first-order chi connectivity index (χ1) is 12.5. The second-order valence-corrected chi connectivity index (χ2v) is 5.82. The van der Waals surface area contributed by atoms with E-state index in [-0.39, 0.29) is 11.5 Å². The summed E-state index contributed by atoms with van der Waals surface area (Å²) in [6.45, 7) is 3.71. The van der Waals surface area contributed by atoms with Crippen LogP contribution in [0, 0.1) is 6.92 Å². The minimum atomic E-state index is -0.742. The van der Waals surface area contributed by atoms with Gasteiger partial charge in [-0.15, -0.1) is 0 Å². The fraction of sp³-hybridized carbons (Fsp3) is 0.250. The summed E-state index contributed by atoms with van der Waals surface area (Å²) >= 11 is 0. The van der Waals surface area contributed by atoms with Gasteiger partial charge in [-0.05, 0) is 37.6 Å². The molecule has 2 N–H and O–H groups in total. The van der Waals surface area contributed by atoms with Crippen molar-refractivity contribution in [2.24, 2.45) is 0 Å². The quantitative estimate of drug-likeness (QED) is 0.781. The molecule has 0 radical (unpaired) electrons. The van der Waals surface area contributed by atoms with Gasteiger partial charge in [0, 0.05) is 5.56 Å². The van der Waals surface area contributed by atoms with Crippen molar-refractivity contribution < 1.29 is 19.1 Å². The summed E-state index contributed by atoms with van der Waals surface area (Å²) in [7, 11) is 1.27. The zero-order valence-corrected chi connectivity index (χ0v) is 15.0. The van der Waals surface area contributed by atoms with Crippen molar-refractivity contribution in [3.05, 3.63) is 65.2 Å². The van der Waals surface area contributed by atoms with Gasteiger partial charge >= 0.3 is 5.97 Å². The molecule has 0 aliphatic carbocycles. The Hall–Kier alpha value is -3.15. The van der Waals surface area contributed by atoms with E-state index in [2.05, 4.69) is 15.4 Å². The van der Waals surface area contributed by atoms with Crippen LogP contribution in [0.1, 0.15) is 39.6 Å². The van der Waals surface area contributed by atoms with Crippen molar-refractivity contribution in [1.29, 1.82) is 0 Å². The first kappa shape index (κ1) is 19.2. The maximum Gasteiger partial charge on any atom is 0.328 e. The summed E-state index contributed by atoms with van der Waals surface area (Å²) in [6, 6.07) is 13.0. The van der Waals surface area contributed by atoms with Gasteiger partial charge in [0.1, 0.15) is 6.04 Å². The van der Waals surface area contributed by atoms with Crippen LogP contribution in [0.2, 0.25) is 0 Å². The number of nitrogens with one attached hydrogen (secondary N) is 2. The van der Waals surface area contributed by atoms with Crippen LogP contribution in [-0.4, -0.2) is 30.9 Å². The van der Waals surface area contributed by atoms with Gasteiger partial charge in [-0.3, -0.25) is 9.59 Å². The largest absolute Gasteiger partial charge is 0.467 e. The molecule has 1 atom stereocenters. The zero-order valence-electron chi connectivity index (χ0n) is 15.0. The van der Waals surface area contributed by atoms with Crippen LogP contribution in [-0.2, 0) is 9.53 Å². The highest BCUT2D eigenvalue weighted by atomic mass is 16.5. The molecule has 6 heteroatoms. The summed E-state index contributed by atoms with van der Waals surface area (Å²) in [5, 5.41) is 5.38. The lowest BCUT2D eigenvalue weighted by Crippen LogP contribution is -2.41. The molecule has 0 aromatic heterocycles. The Morgan fingerprint density at radius 3 is 2.27 bits per heavy atom. The SMILES string of the molecule is CC[C@@H](NC(=O)c1ccccc1NC(=O)c1ccc(C)cc1)C(=O)OC. The monoisotopic (exact) mass is 354 g/mol. The Balaban J connectivity index is 2.18. The van der Waals surface area contributed by atoms with E-state index in [4.69, 9.17) is 0 Å². The van der Waals surface area contributed by atoms with Crippen LogP contribution >= 0.6 is 0 Å². The number of rotatable bonds is 6. The van der Waals surface area contributed by atoms with E-state index >= 15 is 0 Å². The molecule has 2 rings (SSSR count). The van der Waals surface area contributed by atoms with Crippen LogP contribution in [0.5, 0.6) is 0 Å². The molecule has 0 bridgehead atoms. The van der Waals surface area contributed by atoms with Gasteiger partial charge in [-0.1, -0.05) is 36.8 Å². The fourth-order valence-corrected chi connectivity index (χ4v) is 2.40. The lowest BCUT2D eigenvalue weighted by molar-refractivity contribution is -0.142. The van der Waals surface area contributed by atoms with Crippen molar-refractivity contribution in [3.63, 3.8) is 0 Å². The van der Waals surface area contributed by atoms with Gasteiger partial charge in [0.15, 0.2) is 0 Å². The van der Waals surface area contributed by atoms with Gasteiger partial charge in [0.25, 0.3) is 11.8 Å². The van der Waals surface area contributed by atoms with E-state index in [1.165, 1.54) is 7.11 Å². The zero-order chi connectivity index (χ0) is 19.1. The smallest absolute Gasteiger partial charge is 0.328 e. The molecule has 0 saturated heterocycles. The minimum absolute atomic E-state index is 0.273. The van der Waals surface area contributed by atoms with Gasteiger partial charge < -0.3 is 15.4 Å². The number of carbonyl (C=O) groups is 3. The highest BCUT2D eigenvalue weighted by Gasteiger charge is 2.22. The third-order valence-electron chi connectivity index (χ3n) is 3.93. The average molecular weight is 354 g/mol. The highest BCUT2D eigenvalue weighted by molar-refractivity contribution is 6.09. The number of benzene rings is 2. The van der Waals surface area contributed by atoms with Gasteiger partial charge in [-0.25, -0.2) is 4.79 Å². The lowest BCUT2D eigenvalue weighted by Gasteiger charge is -2.16. The number of anilines is 1. The summed E-state index contributed by atoms with van der Waals surface area (Å²) in [6.07, 6.45) is 0.399. The average Bonchev–Trinajstić information content (AvgIpc) is 2.66. The molecule has 2 aromatic carbocycles. The molecular weight excluding hydrogens is 332 g/mol. The van der Waals surface area contributed by atoms with Crippen LogP contribution in [0.15, 0.2) is 48.5 Å². The second kappa shape index (κ2) is 8.80. The maximum atomic E-state index is 12.5. The highest BCUT2D eigenvalue weighted by Crippen LogP contribution is 2.17. The van der Waals surface area contributed by atoms with Crippen molar-refractivity contribution in [2.45, 2.75) is 26.3 Å². The van der Waals surface area contributed by atoms with E-state index in [1.54, 1.807) is 43.3 Å².